The molecule has 2 aromatic rings. The number of sulfonamides is 1. The van der Waals surface area contributed by atoms with E-state index in [1.807, 2.05) is 0 Å². The monoisotopic (exact) mass is 310 g/mol. The number of nitrogens with two attached hydrogens (primary N) is 1. The molecule has 0 unspecified atom stereocenters. The number of anilines is 1. The van der Waals surface area contributed by atoms with Crippen molar-refractivity contribution in [3.63, 3.8) is 0 Å². The fraction of sp³-hybridized carbons (Fsp3) is 0.167. The van der Waals surface area contributed by atoms with Crippen molar-refractivity contribution in [1.29, 1.82) is 0 Å². The topological polar surface area (TPSA) is 127 Å². The van der Waals surface area contributed by atoms with Gasteiger partial charge in [-0.2, -0.15) is 5.10 Å². The van der Waals surface area contributed by atoms with Crippen molar-refractivity contribution < 1.29 is 17.9 Å². The summed E-state index contributed by atoms with van der Waals surface area (Å²) in [5.41, 5.74) is 1.05. The van der Waals surface area contributed by atoms with Gasteiger partial charge in [0.2, 0.25) is 10.0 Å². The van der Waals surface area contributed by atoms with Gasteiger partial charge in [0.15, 0.2) is 5.75 Å². The minimum atomic E-state index is -3.98. The lowest BCUT2D eigenvalue weighted by atomic mass is 10.2. The Labute approximate surface area is 121 Å². The van der Waals surface area contributed by atoms with Crippen LogP contribution in [-0.4, -0.2) is 31.6 Å². The van der Waals surface area contributed by atoms with Crippen molar-refractivity contribution in [2.75, 3.05) is 12.4 Å². The van der Waals surface area contributed by atoms with Crippen LogP contribution in [0, 0.1) is 6.92 Å². The standard InChI is InChI=1S/C12H14N4O4S/c1-7-5-9(15-12(17)8-3-4-14-16-8)11(20-2)10(6-7)21(13,18)19/h3-6H,1-2H3,(H,14,16)(H,15,17)(H2,13,18,19). The largest absolute Gasteiger partial charge is 0.493 e. The molecule has 0 fully saturated rings. The Kier molecular flexibility index (Phi) is 3.96. The maximum atomic E-state index is 12.0. The summed E-state index contributed by atoms with van der Waals surface area (Å²) in [6.07, 6.45) is 1.43. The number of aromatic nitrogens is 2. The summed E-state index contributed by atoms with van der Waals surface area (Å²) in [6.45, 7) is 1.68. The second kappa shape index (κ2) is 5.54. The number of nitrogens with one attached hydrogen (secondary N) is 2. The summed E-state index contributed by atoms with van der Waals surface area (Å²) < 4.78 is 28.3. The number of primary sulfonamides is 1. The van der Waals surface area contributed by atoms with Crippen LogP contribution < -0.4 is 15.2 Å². The molecule has 0 atom stereocenters. The number of hydrogen-bond donors (Lipinski definition) is 3. The number of methoxy groups -OCH3 is 1. The van der Waals surface area contributed by atoms with Crippen LogP contribution in [0.15, 0.2) is 29.3 Å². The molecule has 0 aliphatic rings. The molecule has 1 amide bonds. The first-order valence-corrected chi connectivity index (χ1v) is 7.39. The minimum absolute atomic E-state index is 0.0176. The fourth-order valence-electron chi connectivity index (χ4n) is 1.83. The number of carbonyl (C=O) groups excluding carboxylic acids is 1. The zero-order valence-corrected chi connectivity index (χ0v) is 12.2. The SMILES string of the molecule is COc1c(NC(=O)c2ccn[nH]2)cc(C)cc1S(N)(=O)=O. The summed E-state index contributed by atoms with van der Waals surface area (Å²) >= 11 is 0. The molecule has 1 aromatic carbocycles. The predicted octanol–water partition coefficient (Wildman–Crippen LogP) is 0.626. The van der Waals surface area contributed by atoms with E-state index < -0.39 is 15.9 Å². The summed E-state index contributed by atoms with van der Waals surface area (Å²) in [5, 5.41) is 13.9. The van der Waals surface area contributed by atoms with Crippen molar-refractivity contribution in [3.8, 4) is 5.75 Å². The molecular formula is C12H14N4O4S. The molecular weight excluding hydrogens is 296 g/mol. The Morgan fingerprint density at radius 1 is 1.43 bits per heavy atom. The van der Waals surface area contributed by atoms with Crippen LogP contribution >= 0.6 is 0 Å². The fourth-order valence-corrected chi connectivity index (χ4v) is 2.63. The first-order chi connectivity index (χ1) is 9.82. The number of ether oxygens (including phenoxy) is 1. The zero-order chi connectivity index (χ0) is 15.6. The third-order valence-corrected chi connectivity index (χ3v) is 3.62. The number of H-pyrrole nitrogens is 1. The van der Waals surface area contributed by atoms with Gasteiger partial charge >= 0.3 is 0 Å². The van der Waals surface area contributed by atoms with Crippen LogP contribution in [-0.2, 0) is 10.0 Å². The third-order valence-electron chi connectivity index (χ3n) is 2.70. The average Bonchev–Trinajstić information content (AvgIpc) is 2.91. The maximum absolute atomic E-state index is 12.0. The highest BCUT2D eigenvalue weighted by atomic mass is 32.2. The maximum Gasteiger partial charge on any atom is 0.273 e. The van der Waals surface area contributed by atoms with Crippen LogP contribution in [0.3, 0.4) is 0 Å². The number of aryl methyl sites for hydroxylation is 1. The van der Waals surface area contributed by atoms with Gasteiger partial charge in [-0.25, -0.2) is 13.6 Å². The predicted molar refractivity (Wildman–Crippen MR) is 75.6 cm³/mol. The first kappa shape index (κ1) is 15.0. The molecule has 2 rings (SSSR count). The molecule has 21 heavy (non-hydrogen) atoms. The number of nitrogens with zero attached hydrogens (tertiary/aromatic N) is 1. The third kappa shape index (κ3) is 3.20. The van der Waals surface area contributed by atoms with Gasteiger partial charge in [0, 0.05) is 6.20 Å². The van der Waals surface area contributed by atoms with Crippen molar-refractivity contribution in [3.05, 3.63) is 35.7 Å². The molecule has 0 saturated heterocycles. The average molecular weight is 310 g/mol. The van der Waals surface area contributed by atoms with E-state index in [0.717, 1.165) is 0 Å². The Hall–Kier alpha value is -2.39. The molecule has 1 aromatic heterocycles. The highest BCUT2D eigenvalue weighted by Gasteiger charge is 2.21. The van der Waals surface area contributed by atoms with E-state index in [9.17, 15) is 13.2 Å². The summed E-state index contributed by atoms with van der Waals surface area (Å²) in [5.74, 6) is -0.493. The van der Waals surface area contributed by atoms with E-state index in [0.29, 0.717) is 5.56 Å². The Balaban J connectivity index is 2.49. The van der Waals surface area contributed by atoms with E-state index in [4.69, 9.17) is 9.88 Å². The van der Waals surface area contributed by atoms with Crippen LogP contribution in [0.4, 0.5) is 5.69 Å². The minimum Gasteiger partial charge on any atom is -0.493 e. The molecule has 0 aliphatic heterocycles. The molecule has 4 N–H and O–H groups in total. The molecule has 112 valence electrons. The van der Waals surface area contributed by atoms with Crippen LogP contribution in [0.5, 0.6) is 5.75 Å². The van der Waals surface area contributed by atoms with Crippen LogP contribution in [0.25, 0.3) is 0 Å². The molecule has 0 spiro atoms. The quantitative estimate of drug-likeness (QED) is 0.763. The van der Waals surface area contributed by atoms with E-state index in [-0.39, 0.29) is 22.0 Å². The first-order valence-electron chi connectivity index (χ1n) is 5.85. The van der Waals surface area contributed by atoms with Gasteiger partial charge in [0.1, 0.15) is 10.6 Å². The number of amides is 1. The number of carbonyl (C=O) groups is 1. The Morgan fingerprint density at radius 2 is 2.14 bits per heavy atom. The lowest BCUT2D eigenvalue weighted by Gasteiger charge is -2.14. The van der Waals surface area contributed by atoms with Crippen LogP contribution in [0.1, 0.15) is 16.1 Å². The smallest absolute Gasteiger partial charge is 0.273 e. The summed E-state index contributed by atoms with van der Waals surface area (Å²) in [4.78, 5) is 11.8. The van der Waals surface area contributed by atoms with Crippen molar-refractivity contribution in [2.24, 2.45) is 5.14 Å². The van der Waals surface area contributed by atoms with E-state index in [2.05, 4.69) is 15.5 Å². The second-order valence-corrected chi connectivity index (χ2v) is 5.84. The molecule has 0 saturated carbocycles. The van der Waals surface area contributed by atoms with Gasteiger partial charge in [0.05, 0.1) is 12.8 Å². The molecule has 8 nitrogen and oxygen atoms in total. The Bertz CT molecular complexity index is 769. The van der Waals surface area contributed by atoms with Gasteiger partial charge in [-0.15, -0.1) is 0 Å². The van der Waals surface area contributed by atoms with Crippen LogP contribution in [0.2, 0.25) is 0 Å². The highest BCUT2D eigenvalue weighted by Crippen LogP contribution is 2.33. The molecule has 0 aliphatic carbocycles. The van der Waals surface area contributed by atoms with Gasteiger partial charge in [-0.05, 0) is 30.7 Å². The lowest BCUT2D eigenvalue weighted by Crippen LogP contribution is -2.17. The van der Waals surface area contributed by atoms with Crippen molar-refractivity contribution in [2.45, 2.75) is 11.8 Å². The van der Waals surface area contributed by atoms with Gasteiger partial charge in [-0.1, -0.05) is 0 Å². The van der Waals surface area contributed by atoms with Gasteiger partial charge in [0.25, 0.3) is 5.91 Å². The zero-order valence-electron chi connectivity index (χ0n) is 11.4. The van der Waals surface area contributed by atoms with E-state index in [1.54, 1.807) is 13.0 Å². The lowest BCUT2D eigenvalue weighted by molar-refractivity contribution is 0.102. The molecule has 0 bridgehead atoms. The summed E-state index contributed by atoms with van der Waals surface area (Å²) in [6, 6.07) is 4.44. The second-order valence-electron chi connectivity index (χ2n) is 4.31. The Morgan fingerprint density at radius 3 is 2.67 bits per heavy atom. The van der Waals surface area contributed by atoms with E-state index >= 15 is 0 Å². The number of rotatable bonds is 4. The van der Waals surface area contributed by atoms with Crippen molar-refractivity contribution >= 4 is 21.6 Å². The summed E-state index contributed by atoms with van der Waals surface area (Å²) in [7, 11) is -2.68. The number of hydrogen-bond acceptors (Lipinski definition) is 5. The molecule has 0 radical (unpaired) electrons. The van der Waals surface area contributed by atoms with Crippen molar-refractivity contribution in [1.82, 2.24) is 10.2 Å². The van der Waals surface area contributed by atoms with Gasteiger partial charge < -0.3 is 10.1 Å². The number of benzene rings is 1. The normalized spacial score (nSPS) is 11.2. The van der Waals surface area contributed by atoms with Gasteiger partial charge in [-0.3, -0.25) is 9.89 Å². The highest BCUT2D eigenvalue weighted by molar-refractivity contribution is 7.89. The van der Waals surface area contributed by atoms with E-state index in [1.165, 1.54) is 25.4 Å². The number of aromatic amines is 1. The molecule has 1 heterocycles. The molecule has 9 heteroatoms.